The average Bonchev–Trinajstić information content (AvgIpc) is 2.41. The Hall–Kier alpha value is -1.02. The molecule has 0 aromatic heterocycles. The molecule has 1 aliphatic carbocycles. The SMILES string of the molecule is CCNC1CC(Oc2c(C)cc(C)cc2C)C1(CC)CC. The second kappa shape index (κ2) is 6.39. The summed E-state index contributed by atoms with van der Waals surface area (Å²) in [6.07, 6.45) is 3.82. The number of hydrogen-bond acceptors (Lipinski definition) is 2. The maximum Gasteiger partial charge on any atom is 0.125 e. The molecule has 2 rings (SSSR count). The van der Waals surface area contributed by atoms with Gasteiger partial charge in [0.25, 0.3) is 0 Å². The van der Waals surface area contributed by atoms with Gasteiger partial charge in [0, 0.05) is 17.9 Å². The molecule has 0 radical (unpaired) electrons. The molecule has 0 amide bonds. The molecule has 1 aromatic carbocycles. The smallest absolute Gasteiger partial charge is 0.125 e. The topological polar surface area (TPSA) is 21.3 Å². The van der Waals surface area contributed by atoms with Gasteiger partial charge in [0.05, 0.1) is 0 Å². The molecule has 21 heavy (non-hydrogen) atoms. The lowest BCUT2D eigenvalue weighted by Gasteiger charge is -2.55. The van der Waals surface area contributed by atoms with Crippen molar-refractivity contribution in [2.45, 2.75) is 73.0 Å². The van der Waals surface area contributed by atoms with E-state index in [1.54, 1.807) is 0 Å². The molecule has 0 saturated heterocycles. The molecule has 2 unspecified atom stereocenters. The van der Waals surface area contributed by atoms with Crippen molar-refractivity contribution in [1.82, 2.24) is 5.32 Å². The van der Waals surface area contributed by atoms with Crippen molar-refractivity contribution < 1.29 is 4.74 Å². The fraction of sp³-hybridized carbons (Fsp3) is 0.684. The lowest BCUT2D eigenvalue weighted by atomic mass is 9.58. The van der Waals surface area contributed by atoms with Gasteiger partial charge < -0.3 is 10.1 Å². The molecular weight excluding hydrogens is 258 g/mol. The number of benzene rings is 1. The van der Waals surface area contributed by atoms with E-state index in [9.17, 15) is 0 Å². The van der Waals surface area contributed by atoms with Gasteiger partial charge in [0.1, 0.15) is 11.9 Å². The van der Waals surface area contributed by atoms with E-state index in [1.165, 1.54) is 29.5 Å². The molecule has 2 heteroatoms. The first-order valence-corrected chi connectivity index (χ1v) is 8.46. The summed E-state index contributed by atoms with van der Waals surface area (Å²) in [7, 11) is 0. The first-order chi connectivity index (χ1) is 9.98. The Labute approximate surface area is 130 Å². The van der Waals surface area contributed by atoms with Gasteiger partial charge >= 0.3 is 0 Å². The number of aryl methyl sites for hydroxylation is 3. The van der Waals surface area contributed by atoms with Crippen LogP contribution in [0.3, 0.4) is 0 Å². The summed E-state index contributed by atoms with van der Waals surface area (Å²) in [6, 6.07) is 5.05. The van der Waals surface area contributed by atoms with E-state index in [2.05, 4.69) is 59.0 Å². The molecule has 2 nitrogen and oxygen atoms in total. The molecule has 0 spiro atoms. The molecule has 2 atom stereocenters. The van der Waals surface area contributed by atoms with Gasteiger partial charge in [-0.2, -0.15) is 0 Å². The van der Waals surface area contributed by atoms with Gasteiger partial charge in [0.2, 0.25) is 0 Å². The minimum atomic E-state index is 0.291. The summed E-state index contributed by atoms with van der Waals surface area (Å²) >= 11 is 0. The molecule has 0 aliphatic heterocycles. The number of hydrogen-bond donors (Lipinski definition) is 1. The van der Waals surface area contributed by atoms with Crippen LogP contribution in [0.1, 0.15) is 56.7 Å². The summed E-state index contributed by atoms with van der Waals surface area (Å²) < 4.78 is 6.50. The Morgan fingerprint density at radius 2 is 1.67 bits per heavy atom. The van der Waals surface area contributed by atoms with Gasteiger partial charge in [-0.25, -0.2) is 0 Å². The zero-order valence-electron chi connectivity index (χ0n) is 14.5. The van der Waals surface area contributed by atoms with Crippen LogP contribution in [-0.4, -0.2) is 18.7 Å². The minimum Gasteiger partial charge on any atom is -0.489 e. The summed E-state index contributed by atoms with van der Waals surface area (Å²) in [5.41, 5.74) is 4.13. The van der Waals surface area contributed by atoms with E-state index in [4.69, 9.17) is 4.74 Å². The molecule has 1 N–H and O–H groups in total. The van der Waals surface area contributed by atoms with Crippen LogP contribution < -0.4 is 10.1 Å². The third kappa shape index (κ3) is 2.83. The zero-order valence-corrected chi connectivity index (χ0v) is 14.5. The van der Waals surface area contributed by atoms with Crippen molar-refractivity contribution in [2.75, 3.05) is 6.54 Å². The van der Waals surface area contributed by atoms with E-state index in [0.29, 0.717) is 17.6 Å². The van der Waals surface area contributed by atoms with Gasteiger partial charge in [-0.3, -0.25) is 0 Å². The quantitative estimate of drug-likeness (QED) is 0.829. The fourth-order valence-corrected chi connectivity index (χ4v) is 4.14. The second-order valence-electron chi connectivity index (χ2n) is 6.62. The van der Waals surface area contributed by atoms with Gasteiger partial charge in [-0.1, -0.05) is 38.5 Å². The summed E-state index contributed by atoms with van der Waals surface area (Å²) in [5.74, 6) is 1.10. The molecule has 0 heterocycles. The summed E-state index contributed by atoms with van der Waals surface area (Å²) in [6.45, 7) is 14.3. The molecule has 1 fully saturated rings. The van der Waals surface area contributed by atoms with Crippen molar-refractivity contribution in [3.8, 4) is 5.75 Å². The fourth-order valence-electron chi connectivity index (χ4n) is 4.14. The second-order valence-corrected chi connectivity index (χ2v) is 6.62. The van der Waals surface area contributed by atoms with E-state index in [-0.39, 0.29) is 0 Å². The predicted octanol–water partition coefficient (Wildman–Crippen LogP) is 4.55. The highest BCUT2D eigenvalue weighted by Gasteiger charge is 2.54. The number of rotatable bonds is 6. The van der Waals surface area contributed by atoms with Crippen LogP contribution in [0.15, 0.2) is 12.1 Å². The van der Waals surface area contributed by atoms with Crippen LogP contribution >= 0.6 is 0 Å². The molecule has 1 aliphatic rings. The zero-order chi connectivity index (χ0) is 15.6. The van der Waals surface area contributed by atoms with Crippen LogP contribution in [0.25, 0.3) is 0 Å². The monoisotopic (exact) mass is 289 g/mol. The van der Waals surface area contributed by atoms with Crippen molar-refractivity contribution in [2.24, 2.45) is 5.41 Å². The number of ether oxygens (including phenoxy) is 1. The van der Waals surface area contributed by atoms with Gasteiger partial charge in [0.15, 0.2) is 0 Å². The highest BCUT2D eigenvalue weighted by molar-refractivity contribution is 5.43. The van der Waals surface area contributed by atoms with Crippen molar-refractivity contribution in [1.29, 1.82) is 0 Å². The van der Waals surface area contributed by atoms with E-state index < -0.39 is 0 Å². The summed E-state index contributed by atoms with van der Waals surface area (Å²) in [5, 5.41) is 3.65. The Morgan fingerprint density at radius 3 is 2.14 bits per heavy atom. The van der Waals surface area contributed by atoms with Gasteiger partial charge in [-0.15, -0.1) is 0 Å². The van der Waals surface area contributed by atoms with Crippen LogP contribution in [0.2, 0.25) is 0 Å². The van der Waals surface area contributed by atoms with Crippen LogP contribution in [0, 0.1) is 26.2 Å². The molecule has 118 valence electrons. The van der Waals surface area contributed by atoms with Crippen LogP contribution in [0.5, 0.6) is 5.75 Å². The first-order valence-electron chi connectivity index (χ1n) is 8.46. The third-order valence-corrected chi connectivity index (χ3v) is 5.42. The average molecular weight is 289 g/mol. The molecule has 0 bridgehead atoms. The Balaban J connectivity index is 2.20. The molecule has 1 saturated carbocycles. The number of nitrogens with one attached hydrogen (secondary N) is 1. The van der Waals surface area contributed by atoms with Crippen molar-refractivity contribution >= 4 is 0 Å². The van der Waals surface area contributed by atoms with Crippen LogP contribution in [-0.2, 0) is 0 Å². The normalized spacial score (nSPS) is 23.7. The Bertz CT molecular complexity index is 467. The third-order valence-electron chi connectivity index (χ3n) is 5.42. The predicted molar refractivity (Wildman–Crippen MR) is 90.2 cm³/mol. The highest BCUT2D eigenvalue weighted by Crippen LogP contribution is 2.49. The maximum absolute atomic E-state index is 6.50. The Morgan fingerprint density at radius 1 is 1.10 bits per heavy atom. The standard InChI is InChI=1S/C19H31NO/c1-7-19(8-2)16(20-9-3)12-17(19)21-18-14(5)10-13(4)11-15(18)6/h10-11,16-17,20H,7-9,12H2,1-6H3. The Kier molecular flexibility index (Phi) is 4.98. The molecular formula is C19H31NO. The minimum absolute atomic E-state index is 0.291. The maximum atomic E-state index is 6.50. The van der Waals surface area contributed by atoms with Crippen molar-refractivity contribution in [3.05, 3.63) is 28.8 Å². The van der Waals surface area contributed by atoms with E-state index in [0.717, 1.165) is 18.7 Å². The van der Waals surface area contributed by atoms with Crippen LogP contribution in [0.4, 0.5) is 0 Å². The lowest BCUT2D eigenvalue weighted by Crippen LogP contribution is -2.64. The first kappa shape index (κ1) is 16.4. The molecule has 1 aromatic rings. The van der Waals surface area contributed by atoms with E-state index >= 15 is 0 Å². The van der Waals surface area contributed by atoms with Gasteiger partial charge in [-0.05, 0) is 51.3 Å². The van der Waals surface area contributed by atoms with Crippen molar-refractivity contribution in [3.63, 3.8) is 0 Å². The largest absolute Gasteiger partial charge is 0.489 e. The lowest BCUT2D eigenvalue weighted by molar-refractivity contribution is -0.0859. The van der Waals surface area contributed by atoms with E-state index in [1.807, 2.05) is 0 Å². The summed E-state index contributed by atoms with van der Waals surface area (Å²) in [4.78, 5) is 0. The highest BCUT2D eigenvalue weighted by atomic mass is 16.5.